The third-order valence-corrected chi connectivity index (χ3v) is 5.14. The number of hydrogen-bond donors (Lipinski definition) is 1. The molecule has 0 radical (unpaired) electrons. The zero-order valence-corrected chi connectivity index (χ0v) is 14.3. The van der Waals surface area contributed by atoms with Crippen molar-refractivity contribution in [2.24, 2.45) is 0 Å². The predicted molar refractivity (Wildman–Crippen MR) is 89.3 cm³/mol. The maximum absolute atomic E-state index is 12.2. The SMILES string of the molecule is COc1cc(C(=O)Nc2nc3ccc(S(C)(=O)=O)cc3s2)ncn1. The van der Waals surface area contributed by atoms with Crippen LogP contribution in [0.3, 0.4) is 0 Å². The number of rotatable bonds is 4. The Kier molecular flexibility index (Phi) is 4.16. The predicted octanol–water partition coefficient (Wildman–Crippen LogP) is 1.75. The first-order chi connectivity index (χ1) is 11.4. The average molecular weight is 364 g/mol. The fourth-order valence-electron chi connectivity index (χ4n) is 1.93. The van der Waals surface area contributed by atoms with E-state index in [2.05, 4.69) is 20.3 Å². The highest BCUT2D eigenvalue weighted by molar-refractivity contribution is 7.90. The molecule has 0 saturated carbocycles. The number of thiazole rings is 1. The summed E-state index contributed by atoms with van der Waals surface area (Å²) in [4.78, 5) is 24.4. The summed E-state index contributed by atoms with van der Waals surface area (Å²) in [6.07, 6.45) is 2.37. The van der Waals surface area contributed by atoms with E-state index in [9.17, 15) is 13.2 Å². The quantitative estimate of drug-likeness (QED) is 0.750. The average Bonchev–Trinajstić information content (AvgIpc) is 2.95. The zero-order chi connectivity index (χ0) is 17.3. The van der Waals surface area contributed by atoms with Crippen molar-refractivity contribution in [1.82, 2.24) is 15.0 Å². The summed E-state index contributed by atoms with van der Waals surface area (Å²) in [6.45, 7) is 0. The summed E-state index contributed by atoms with van der Waals surface area (Å²) in [7, 11) is -1.86. The van der Waals surface area contributed by atoms with Crippen molar-refractivity contribution >= 4 is 42.4 Å². The van der Waals surface area contributed by atoms with Gasteiger partial charge in [-0.2, -0.15) is 0 Å². The second-order valence-corrected chi connectivity index (χ2v) is 7.87. The van der Waals surface area contributed by atoms with Gasteiger partial charge in [0.1, 0.15) is 12.0 Å². The van der Waals surface area contributed by atoms with Crippen LogP contribution in [0.4, 0.5) is 5.13 Å². The lowest BCUT2D eigenvalue weighted by Crippen LogP contribution is -2.13. The third kappa shape index (κ3) is 3.34. The van der Waals surface area contributed by atoms with Gasteiger partial charge in [-0.3, -0.25) is 10.1 Å². The molecule has 8 nitrogen and oxygen atoms in total. The van der Waals surface area contributed by atoms with E-state index in [1.54, 1.807) is 6.07 Å². The minimum absolute atomic E-state index is 0.137. The molecule has 2 aromatic heterocycles. The van der Waals surface area contributed by atoms with Gasteiger partial charge in [-0.1, -0.05) is 11.3 Å². The van der Waals surface area contributed by atoms with Gasteiger partial charge in [-0.25, -0.2) is 23.4 Å². The van der Waals surface area contributed by atoms with Crippen molar-refractivity contribution in [2.75, 3.05) is 18.7 Å². The molecule has 2 heterocycles. The third-order valence-electron chi connectivity index (χ3n) is 3.09. The van der Waals surface area contributed by atoms with Crippen LogP contribution in [-0.2, 0) is 9.84 Å². The normalized spacial score (nSPS) is 11.4. The molecule has 1 N–H and O–H groups in total. The number of sulfone groups is 1. The molecule has 0 fully saturated rings. The fourth-order valence-corrected chi connectivity index (χ4v) is 3.55. The van der Waals surface area contributed by atoms with Crippen molar-refractivity contribution in [3.63, 3.8) is 0 Å². The Morgan fingerprint density at radius 1 is 1.25 bits per heavy atom. The standard InChI is InChI=1S/C14H12N4O4S2/c1-22-12-6-10(15-7-16-12)13(19)18-14-17-9-4-3-8(24(2,20)21)5-11(9)23-14/h3-7H,1-2H3,(H,17,18,19). The molecular formula is C14H12N4O4S2. The van der Waals surface area contributed by atoms with Crippen LogP contribution in [-0.4, -0.2) is 42.6 Å². The van der Waals surface area contributed by atoms with Crippen molar-refractivity contribution in [3.05, 3.63) is 36.3 Å². The van der Waals surface area contributed by atoms with E-state index in [0.717, 1.165) is 6.26 Å². The number of aromatic nitrogens is 3. The molecule has 0 bridgehead atoms. The van der Waals surface area contributed by atoms with E-state index >= 15 is 0 Å². The summed E-state index contributed by atoms with van der Waals surface area (Å²) in [5.74, 6) is -0.185. The molecule has 0 spiro atoms. The maximum atomic E-state index is 12.2. The second kappa shape index (κ2) is 6.13. The molecule has 0 saturated heterocycles. The van der Waals surface area contributed by atoms with E-state index < -0.39 is 15.7 Å². The van der Waals surface area contributed by atoms with Crippen molar-refractivity contribution in [2.45, 2.75) is 4.90 Å². The number of amides is 1. The Balaban J connectivity index is 1.88. The number of nitrogens with one attached hydrogen (secondary N) is 1. The summed E-state index contributed by atoms with van der Waals surface area (Å²) in [6, 6.07) is 6.03. The first kappa shape index (κ1) is 16.3. The number of fused-ring (bicyclic) bond motifs is 1. The van der Waals surface area contributed by atoms with Crippen LogP contribution in [0.2, 0.25) is 0 Å². The molecule has 1 amide bonds. The van der Waals surface area contributed by atoms with Crippen LogP contribution < -0.4 is 10.1 Å². The molecular weight excluding hydrogens is 352 g/mol. The van der Waals surface area contributed by atoms with E-state index in [-0.39, 0.29) is 16.5 Å². The van der Waals surface area contributed by atoms with Gasteiger partial charge in [-0.05, 0) is 18.2 Å². The minimum Gasteiger partial charge on any atom is -0.481 e. The molecule has 3 aromatic rings. The summed E-state index contributed by atoms with van der Waals surface area (Å²) in [5, 5.41) is 2.98. The molecule has 10 heteroatoms. The van der Waals surface area contributed by atoms with Crippen molar-refractivity contribution < 1.29 is 17.9 Å². The van der Waals surface area contributed by atoms with E-state index in [4.69, 9.17) is 4.74 Å². The molecule has 0 unspecified atom stereocenters. The highest BCUT2D eigenvalue weighted by Gasteiger charge is 2.14. The number of methoxy groups -OCH3 is 1. The minimum atomic E-state index is -3.30. The van der Waals surface area contributed by atoms with E-state index in [1.807, 2.05) is 0 Å². The van der Waals surface area contributed by atoms with E-state index in [1.165, 1.54) is 43.0 Å². The Bertz CT molecular complexity index is 1030. The van der Waals surface area contributed by atoms with Gasteiger partial charge in [0.25, 0.3) is 5.91 Å². The van der Waals surface area contributed by atoms with E-state index in [0.29, 0.717) is 15.3 Å². The van der Waals surface area contributed by atoms with Gasteiger partial charge in [0.05, 0.1) is 22.2 Å². The van der Waals surface area contributed by atoms with Gasteiger partial charge < -0.3 is 4.74 Å². The number of carbonyl (C=O) groups excluding carboxylic acids is 1. The lowest BCUT2D eigenvalue weighted by Gasteiger charge is -2.02. The van der Waals surface area contributed by atoms with Gasteiger partial charge in [0.2, 0.25) is 5.88 Å². The Morgan fingerprint density at radius 2 is 2.04 bits per heavy atom. The van der Waals surface area contributed by atoms with Crippen LogP contribution in [0.5, 0.6) is 5.88 Å². The van der Waals surface area contributed by atoms with Crippen molar-refractivity contribution in [3.8, 4) is 5.88 Å². The number of ether oxygens (including phenoxy) is 1. The Labute approximate surface area is 141 Å². The van der Waals surface area contributed by atoms with Crippen LogP contribution >= 0.6 is 11.3 Å². The highest BCUT2D eigenvalue weighted by Crippen LogP contribution is 2.28. The summed E-state index contributed by atoms with van der Waals surface area (Å²) < 4.78 is 28.8. The van der Waals surface area contributed by atoms with Crippen LogP contribution in [0.25, 0.3) is 10.2 Å². The topological polar surface area (TPSA) is 111 Å². The molecule has 124 valence electrons. The number of hydrogen-bond acceptors (Lipinski definition) is 8. The van der Waals surface area contributed by atoms with Gasteiger partial charge in [0, 0.05) is 12.3 Å². The molecule has 1 aromatic carbocycles. The molecule has 0 aliphatic heterocycles. The lowest BCUT2D eigenvalue weighted by atomic mass is 10.3. The Hall–Kier alpha value is -2.59. The molecule has 0 aliphatic carbocycles. The van der Waals surface area contributed by atoms with Crippen LogP contribution in [0.15, 0.2) is 35.5 Å². The molecule has 24 heavy (non-hydrogen) atoms. The fraction of sp³-hybridized carbons (Fsp3) is 0.143. The summed E-state index contributed by atoms with van der Waals surface area (Å²) >= 11 is 1.18. The van der Waals surface area contributed by atoms with Crippen LogP contribution in [0.1, 0.15) is 10.5 Å². The number of benzene rings is 1. The Morgan fingerprint density at radius 3 is 2.75 bits per heavy atom. The summed E-state index contributed by atoms with van der Waals surface area (Å²) in [5.41, 5.74) is 0.737. The smallest absolute Gasteiger partial charge is 0.276 e. The van der Waals surface area contributed by atoms with Gasteiger partial charge in [-0.15, -0.1) is 0 Å². The number of nitrogens with zero attached hydrogens (tertiary/aromatic N) is 3. The van der Waals surface area contributed by atoms with Gasteiger partial charge in [0.15, 0.2) is 15.0 Å². The molecule has 3 rings (SSSR count). The zero-order valence-electron chi connectivity index (χ0n) is 12.7. The monoisotopic (exact) mass is 364 g/mol. The first-order valence-electron chi connectivity index (χ1n) is 6.65. The van der Waals surface area contributed by atoms with Crippen molar-refractivity contribution in [1.29, 1.82) is 0 Å². The highest BCUT2D eigenvalue weighted by atomic mass is 32.2. The molecule has 0 atom stereocenters. The maximum Gasteiger partial charge on any atom is 0.276 e. The first-order valence-corrected chi connectivity index (χ1v) is 9.35. The second-order valence-electron chi connectivity index (χ2n) is 4.82. The lowest BCUT2D eigenvalue weighted by molar-refractivity contribution is 0.102. The van der Waals surface area contributed by atoms with Gasteiger partial charge >= 0.3 is 0 Å². The number of carbonyl (C=O) groups is 1. The van der Waals surface area contributed by atoms with Crippen LogP contribution in [0, 0.1) is 0 Å². The largest absolute Gasteiger partial charge is 0.481 e. The molecule has 0 aliphatic rings. The number of anilines is 1.